The Morgan fingerprint density at radius 2 is 2.13 bits per heavy atom. The Balaban J connectivity index is 3.19. The Labute approximate surface area is 96.5 Å². The van der Waals surface area contributed by atoms with Gasteiger partial charge in [-0.2, -0.15) is 0 Å². The molecular weight excluding hydrogens is 262 g/mol. The summed E-state index contributed by atoms with van der Waals surface area (Å²) in [6, 6.07) is 3.34. The summed E-state index contributed by atoms with van der Waals surface area (Å²) in [7, 11) is 2.87. The third kappa shape index (κ3) is 2.49. The monoisotopic (exact) mass is 273 g/mol. The van der Waals surface area contributed by atoms with Gasteiger partial charge in [0.2, 0.25) is 0 Å². The Morgan fingerprint density at radius 1 is 1.53 bits per heavy atom. The second-order valence-electron chi connectivity index (χ2n) is 3.13. The minimum Gasteiger partial charge on any atom is -0.506 e. The van der Waals surface area contributed by atoms with Crippen molar-refractivity contribution in [2.45, 2.75) is 6.92 Å². The van der Waals surface area contributed by atoms with Crippen LogP contribution < -0.4 is 0 Å². The smallest absolute Gasteiger partial charge is 0.280 e. The molecule has 0 heterocycles. The van der Waals surface area contributed by atoms with Gasteiger partial charge in [0.15, 0.2) is 0 Å². The van der Waals surface area contributed by atoms with Crippen molar-refractivity contribution in [2.24, 2.45) is 0 Å². The van der Waals surface area contributed by atoms with E-state index in [1.54, 1.807) is 12.1 Å². The van der Waals surface area contributed by atoms with Gasteiger partial charge in [0, 0.05) is 7.05 Å². The van der Waals surface area contributed by atoms with Crippen LogP contribution in [-0.4, -0.2) is 30.2 Å². The number of benzene rings is 1. The van der Waals surface area contributed by atoms with Crippen LogP contribution in [0.1, 0.15) is 15.9 Å². The molecule has 0 bridgehead atoms. The maximum absolute atomic E-state index is 11.7. The highest BCUT2D eigenvalue weighted by atomic mass is 79.9. The molecule has 82 valence electrons. The van der Waals surface area contributed by atoms with E-state index in [9.17, 15) is 9.90 Å². The molecule has 1 aromatic rings. The van der Waals surface area contributed by atoms with Gasteiger partial charge in [0.05, 0.1) is 17.1 Å². The first-order chi connectivity index (χ1) is 6.97. The van der Waals surface area contributed by atoms with Crippen LogP contribution in [0.4, 0.5) is 0 Å². The summed E-state index contributed by atoms with van der Waals surface area (Å²) >= 11 is 3.17. The number of phenols is 1. The molecule has 0 fully saturated rings. The molecule has 1 N–H and O–H groups in total. The first kappa shape index (κ1) is 12.0. The molecule has 15 heavy (non-hydrogen) atoms. The number of rotatable bonds is 2. The van der Waals surface area contributed by atoms with Crippen LogP contribution in [0.25, 0.3) is 0 Å². The summed E-state index contributed by atoms with van der Waals surface area (Å²) in [6.07, 6.45) is 0. The number of aryl methyl sites for hydroxylation is 1. The maximum Gasteiger partial charge on any atom is 0.280 e. The van der Waals surface area contributed by atoms with Gasteiger partial charge < -0.3 is 5.11 Å². The van der Waals surface area contributed by atoms with Crippen LogP contribution in [0.2, 0.25) is 0 Å². The van der Waals surface area contributed by atoms with E-state index in [1.807, 2.05) is 6.92 Å². The molecule has 0 unspecified atom stereocenters. The van der Waals surface area contributed by atoms with E-state index in [-0.39, 0.29) is 17.2 Å². The number of hydroxylamine groups is 2. The maximum atomic E-state index is 11.7. The van der Waals surface area contributed by atoms with Gasteiger partial charge in [-0.15, -0.1) is 0 Å². The molecule has 0 atom stereocenters. The zero-order valence-corrected chi connectivity index (χ0v) is 10.3. The molecule has 5 heteroatoms. The minimum atomic E-state index is -0.389. The van der Waals surface area contributed by atoms with Gasteiger partial charge in [-0.3, -0.25) is 9.63 Å². The number of hydrogen-bond acceptors (Lipinski definition) is 3. The van der Waals surface area contributed by atoms with E-state index in [1.165, 1.54) is 14.2 Å². The topological polar surface area (TPSA) is 49.8 Å². The molecule has 0 saturated heterocycles. The lowest BCUT2D eigenvalue weighted by Crippen LogP contribution is -2.25. The van der Waals surface area contributed by atoms with Crippen molar-refractivity contribution < 1.29 is 14.7 Å². The quantitative estimate of drug-likeness (QED) is 0.840. The third-order valence-electron chi connectivity index (χ3n) is 2.00. The number of aromatic hydroxyl groups is 1. The van der Waals surface area contributed by atoms with E-state index in [0.29, 0.717) is 4.47 Å². The van der Waals surface area contributed by atoms with E-state index >= 15 is 0 Å². The van der Waals surface area contributed by atoms with Crippen molar-refractivity contribution in [1.82, 2.24) is 5.06 Å². The molecule has 0 aromatic heterocycles. The largest absolute Gasteiger partial charge is 0.506 e. The molecule has 0 aliphatic heterocycles. The first-order valence-electron chi connectivity index (χ1n) is 4.28. The van der Waals surface area contributed by atoms with Crippen molar-refractivity contribution in [1.29, 1.82) is 0 Å². The molecule has 1 aromatic carbocycles. The summed E-state index contributed by atoms with van der Waals surface area (Å²) < 4.78 is 0.496. The van der Waals surface area contributed by atoms with Gasteiger partial charge in [-0.1, -0.05) is 0 Å². The molecule has 1 rings (SSSR count). The summed E-state index contributed by atoms with van der Waals surface area (Å²) in [5, 5.41) is 10.7. The lowest BCUT2D eigenvalue weighted by Gasteiger charge is -2.15. The van der Waals surface area contributed by atoms with E-state index in [0.717, 1.165) is 10.6 Å². The van der Waals surface area contributed by atoms with Gasteiger partial charge >= 0.3 is 0 Å². The van der Waals surface area contributed by atoms with Crippen molar-refractivity contribution >= 4 is 21.8 Å². The zero-order valence-electron chi connectivity index (χ0n) is 8.74. The fourth-order valence-corrected chi connectivity index (χ4v) is 1.72. The highest BCUT2D eigenvalue weighted by Crippen LogP contribution is 2.29. The molecular formula is C10H12BrNO3. The Kier molecular flexibility index (Phi) is 3.71. The normalized spacial score (nSPS) is 10.1. The van der Waals surface area contributed by atoms with Crippen LogP contribution in [0.3, 0.4) is 0 Å². The lowest BCUT2D eigenvalue weighted by atomic mass is 10.1. The first-order valence-corrected chi connectivity index (χ1v) is 5.08. The van der Waals surface area contributed by atoms with Crippen LogP contribution in [0.5, 0.6) is 5.75 Å². The van der Waals surface area contributed by atoms with Crippen LogP contribution in [0, 0.1) is 6.92 Å². The van der Waals surface area contributed by atoms with Gasteiger partial charge in [-0.05, 0) is 40.5 Å². The van der Waals surface area contributed by atoms with Crippen molar-refractivity contribution in [3.63, 3.8) is 0 Å². The van der Waals surface area contributed by atoms with E-state index < -0.39 is 0 Å². The summed E-state index contributed by atoms with van der Waals surface area (Å²) in [4.78, 5) is 16.5. The Hall–Kier alpha value is -1.07. The number of phenolic OH excluding ortho intramolecular Hbond substituents is 1. The highest BCUT2D eigenvalue weighted by Gasteiger charge is 2.17. The number of amides is 1. The third-order valence-corrected chi connectivity index (χ3v) is 2.60. The van der Waals surface area contributed by atoms with Crippen LogP contribution >= 0.6 is 15.9 Å². The van der Waals surface area contributed by atoms with Gasteiger partial charge in [0.1, 0.15) is 5.75 Å². The zero-order chi connectivity index (χ0) is 11.6. The number of hydrogen-bond donors (Lipinski definition) is 1. The van der Waals surface area contributed by atoms with E-state index in [2.05, 4.69) is 15.9 Å². The average molecular weight is 274 g/mol. The van der Waals surface area contributed by atoms with Crippen molar-refractivity contribution in [3.05, 3.63) is 27.7 Å². The summed E-state index contributed by atoms with van der Waals surface area (Å²) in [5.41, 5.74) is 1.10. The number of nitrogens with zero attached hydrogens (tertiary/aromatic N) is 1. The number of carbonyl (C=O) groups is 1. The SMILES string of the molecule is CON(C)C(=O)c1cc(C)cc(Br)c1O. The molecule has 4 nitrogen and oxygen atoms in total. The van der Waals surface area contributed by atoms with Gasteiger partial charge in [0.25, 0.3) is 5.91 Å². The minimum absolute atomic E-state index is 0.0745. The average Bonchev–Trinajstić information content (AvgIpc) is 2.21. The van der Waals surface area contributed by atoms with Crippen LogP contribution in [-0.2, 0) is 4.84 Å². The molecule has 0 aliphatic carbocycles. The molecule has 0 aliphatic rings. The highest BCUT2D eigenvalue weighted by molar-refractivity contribution is 9.10. The van der Waals surface area contributed by atoms with Crippen molar-refractivity contribution in [3.8, 4) is 5.75 Å². The standard InChI is InChI=1S/C10H12BrNO3/c1-6-4-7(9(13)8(11)5-6)10(14)12(2)15-3/h4-5,13H,1-3H3. The second-order valence-corrected chi connectivity index (χ2v) is 3.98. The predicted molar refractivity (Wildman–Crippen MR) is 59.6 cm³/mol. The molecule has 1 amide bonds. The summed E-state index contributed by atoms with van der Waals surface area (Å²) in [5.74, 6) is -0.464. The molecule has 0 radical (unpaired) electrons. The molecule has 0 spiro atoms. The number of carbonyl (C=O) groups excluding carboxylic acids is 1. The Bertz CT molecular complexity index is 392. The predicted octanol–water partition coefficient (Wildman–Crippen LogP) is 2.10. The number of halogens is 1. The Morgan fingerprint density at radius 3 is 2.67 bits per heavy atom. The van der Waals surface area contributed by atoms with Crippen molar-refractivity contribution in [2.75, 3.05) is 14.2 Å². The van der Waals surface area contributed by atoms with Crippen LogP contribution in [0.15, 0.2) is 16.6 Å². The summed E-state index contributed by atoms with van der Waals surface area (Å²) in [6.45, 7) is 1.84. The fourth-order valence-electron chi connectivity index (χ4n) is 1.15. The second kappa shape index (κ2) is 4.63. The molecule has 0 saturated carbocycles. The van der Waals surface area contributed by atoms with E-state index in [4.69, 9.17) is 4.84 Å². The fraction of sp³-hybridized carbons (Fsp3) is 0.300. The van der Waals surface area contributed by atoms with Gasteiger partial charge in [-0.25, -0.2) is 5.06 Å². The lowest BCUT2D eigenvalue weighted by molar-refractivity contribution is -0.0758.